The molecule has 2 rings (SSSR count). The number of hydrogen-bond donors (Lipinski definition) is 0. The molecule has 0 saturated carbocycles. The van der Waals surface area contributed by atoms with Crippen molar-refractivity contribution in [3.05, 3.63) is 42.6 Å². The van der Waals surface area contributed by atoms with Crippen LogP contribution in [-0.4, -0.2) is 5.16 Å². The average molecular weight is 146 g/mol. The SMILES string of the molecule is [2H]c1cnoc1-c1ccccc1. The van der Waals surface area contributed by atoms with E-state index in [-0.39, 0.29) is 0 Å². The lowest BCUT2D eigenvalue weighted by Crippen LogP contribution is -1.69. The minimum atomic E-state index is 0.321. The molecule has 54 valence electrons. The molecule has 1 heterocycles. The van der Waals surface area contributed by atoms with E-state index in [0.717, 1.165) is 5.56 Å². The molecule has 0 radical (unpaired) electrons. The van der Waals surface area contributed by atoms with E-state index in [4.69, 9.17) is 5.89 Å². The molecule has 0 spiro atoms. The van der Waals surface area contributed by atoms with Crippen LogP contribution >= 0.6 is 0 Å². The summed E-state index contributed by atoms with van der Waals surface area (Å²) >= 11 is 0. The molecule has 0 atom stereocenters. The third-order valence-corrected chi connectivity index (χ3v) is 1.43. The molecule has 0 aliphatic heterocycles. The molecule has 2 nitrogen and oxygen atoms in total. The first kappa shape index (κ1) is 5.13. The Bertz CT molecular complexity index is 369. The van der Waals surface area contributed by atoms with Crippen LogP contribution in [-0.2, 0) is 0 Å². The minimum Gasteiger partial charge on any atom is -0.356 e. The van der Waals surface area contributed by atoms with Crippen molar-refractivity contribution in [2.45, 2.75) is 0 Å². The first-order chi connectivity index (χ1) is 5.88. The number of nitrogens with zero attached hydrogens (tertiary/aromatic N) is 1. The van der Waals surface area contributed by atoms with Crippen LogP contribution in [0.15, 0.2) is 47.1 Å². The summed E-state index contributed by atoms with van der Waals surface area (Å²) in [7, 11) is 0. The summed E-state index contributed by atoms with van der Waals surface area (Å²) in [6.45, 7) is 0. The van der Waals surface area contributed by atoms with Gasteiger partial charge in [0.15, 0.2) is 5.76 Å². The summed E-state index contributed by atoms with van der Waals surface area (Å²) < 4.78 is 12.3. The van der Waals surface area contributed by atoms with Crippen molar-refractivity contribution in [3.8, 4) is 11.3 Å². The second-order valence-electron chi connectivity index (χ2n) is 2.17. The summed E-state index contributed by atoms with van der Waals surface area (Å²) in [5.74, 6) is 0.524. The Hall–Kier alpha value is -1.57. The van der Waals surface area contributed by atoms with Gasteiger partial charge in [0.2, 0.25) is 0 Å². The van der Waals surface area contributed by atoms with Gasteiger partial charge in [-0.1, -0.05) is 35.5 Å². The Kier molecular flexibility index (Phi) is 1.20. The molecule has 0 fully saturated rings. The molecule has 0 saturated heterocycles. The van der Waals surface area contributed by atoms with Crippen LogP contribution in [0.2, 0.25) is 0 Å². The van der Waals surface area contributed by atoms with Gasteiger partial charge >= 0.3 is 0 Å². The van der Waals surface area contributed by atoms with Crippen molar-refractivity contribution in [2.75, 3.05) is 0 Å². The Balaban J connectivity index is 2.51. The third kappa shape index (κ3) is 1.15. The molecular formula is C9H7NO. The zero-order chi connectivity index (χ0) is 8.39. The fourth-order valence-corrected chi connectivity index (χ4v) is 0.916. The van der Waals surface area contributed by atoms with Gasteiger partial charge in [-0.05, 0) is 0 Å². The topological polar surface area (TPSA) is 26.0 Å². The van der Waals surface area contributed by atoms with Crippen LogP contribution in [0.25, 0.3) is 11.3 Å². The van der Waals surface area contributed by atoms with Crippen molar-refractivity contribution in [1.29, 1.82) is 0 Å². The summed E-state index contributed by atoms with van der Waals surface area (Å²) in [5.41, 5.74) is 0.889. The van der Waals surface area contributed by atoms with E-state index < -0.39 is 0 Å². The molecule has 1 aromatic heterocycles. The standard InChI is InChI=1S/C9H7NO/c1-2-4-8(5-3-1)9-6-7-10-11-9/h1-7H/i6D. The molecule has 0 bridgehead atoms. The molecule has 1 aromatic carbocycles. The zero-order valence-corrected chi connectivity index (χ0v) is 5.82. The Morgan fingerprint density at radius 1 is 1.27 bits per heavy atom. The first-order valence-electron chi connectivity index (χ1n) is 3.84. The smallest absolute Gasteiger partial charge is 0.166 e. The fraction of sp³-hybridized carbons (Fsp3) is 0. The molecule has 2 heteroatoms. The summed E-state index contributed by atoms with van der Waals surface area (Å²) in [4.78, 5) is 0. The normalized spacial score (nSPS) is 11.1. The number of benzene rings is 1. The monoisotopic (exact) mass is 146 g/mol. The van der Waals surface area contributed by atoms with Gasteiger partial charge in [-0.2, -0.15) is 0 Å². The van der Waals surface area contributed by atoms with Gasteiger partial charge < -0.3 is 4.52 Å². The van der Waals surface area contributed by atoms with Crippen LogP contribution in [0.3, 0.4) is 0 Å². The number of rotatable bonds is 1. The Morgan fingerprint density at radius 3 is 2.73 bits per heavy atom. The van der Waals surface area contributed by atoms with E-state index in [1.165, 1.54) is 6.20 Å². The molecule has 2 aromatic rings. The summed E-state index contributed by atoms with van der Waals surface area (Å²) in [6.07, 6.45) is 1.39. The van der Waals surface area contributed by atoms with Gasteiger partial charge in [-0.3, -0.25) is 0 Å². The average Bonchev–Trinajstić information content (AvgIpc) is 2.53. The van der Waals surface area contributed by atoms with Gasteiger partial charge in [-0.15, -0.1) is 0 Å². The Labute approximate surface area is 65.9 Å². The predicted molar refractivity (Wildman–Crippen MR) is 41.9 cm³/mol. The highest BCUT2D eigenvalue weighted by atomic mass is 16.5. The van der Waals surface area contributed by atoms with Crippen LogP contribution < -0.4 is 0 Å². The van der Waals surface area contributed by atoms with Crippen molar-refractivity contribution in [3.63, 3.8) is 0 Å². The maximum atomic E-state index is 7.43. The fourth-order valence-electron chi connectivity index (χ4n) is 0.916. The van der Waals surface area contributed by atoms with Crippen molar-refractivity contribution in [1.82, 2.24) is 5.16 Å². The van der Waals surface area contributed by atoms with Gasteiger partial charge in [-0.25, -0.2) is 0 Å². The lowest BCUT2D eigenvalue weighted by Gasteiger charge is -1.90. The lowest BCUT2D eigenvalue weighted by atomic mass is 10.2. The molecule has 0 amide bonds. The van der Waals surface area contributed by atoms with Crippen LogP contribution in [0.4, 0.5) is 0 Å². The van der Waals surface area contributed by atoms with E-state index in [1.54, 1.807) is 0 Å². The summed E-state index contributed by atoms with van der Waals surface area (Å²) in [6, 6.07) is 9.82. The highest BCUT2D eigenvalue weighted by Crippen LogP contribution is 2.16. The quantitative estimate of drug-likeness (QED) is 0.617. The van der Waals surface area contributed by atoms with Crippen LogP contribution in [0.1, 0.15) is 1.37 Å². The minimum absolute atomic E-state index is 0.321. The lowest BCUT2D eigenvalue weighted by molar-refractivity contribution is 0.432. The van der Waals surface area contributed by atoms with Gasteiger partial charge in [0, 0.05) is 11.6 Å². The maximum Gasteiger partial charge on any atom is 0.166 e. The molecule has 0 unspecified atom stereocenters. The van der Waals surface area contributed by atoms with Crippen LogP contribution in [0, 0.1) is 0 Å². The Morgan fingerprint density at radius 2 is 2.09 bits per heavy atom. The van der Waals surface area contributed by atoms with E-state index in [1.807, 2.05) is 30.3 Å². The molecule has 0 N–H and O–H groups in total. The van der Waals surface area contributed by atoms with Crippen molar-refractivity contribution < 1.29 is 5.89 Å². The van der Waals surface area contributed by atoms with Crippen LogP contribution in [0.5, 0.6) is 0 Å². The molecule has 0 aliphatic carbocycles. The van der Waals surface area contributed by atoms with E-state index in [9.17, 15) is 0 Å². The van der Waals surface area contributed by atoms with E-state index in [0.29, 0.717) is 11.8 Å². The van der Waals surface area contributed by atoms with E-state index in [2.05, 4.69) is 5.16 Å². The highest BCUT2D eigenvalue weighted by molar-refractivity contribution is 5.55. The predicted octanol–water partition coefficient (Wildman–Crippen LogP) is 2.34. The summed E-state index contributed by atoms with van der Waals surface area (Å²) in [5, 5.41) is 3.54. The highest BCUT2D eigenvalue weighted by Gasteiger charge is 1.97. The largest absolute Gasteiger partial charge is 0.356 e. The number of hydrogen-bond acceptors (Lipinski definition) is 2. The number of aromatic nitrogens is 1. The first-order valence-corrected chi connectivity index (χ1v) is 3.34. The third-order valence-electron chi connectivity index (χ3n) is 1.43. The van der Waals surface area contributed by atoms with Gasteiger partial charge in [0.1, 0.15) is 0 Å². The molecule has 11 heavy (non-hydrogen) atoms. The second kappa shape index (κ2) is 2.58. The van der Waals surface area contributed by atoms with Gasteiger partial charge in [0.25, 0.3) is 0 Å². The van der Waals surface area contributed by atoms with Gasteiger partial charge in [0.05, 0.1) is 7.57 Å². The van der Waals surface area contributed by atoms with Crippen molar-refractivity contribution >= 4 is 0 Å². The maximum absolute atomic E-state index is 7.43. The molecular weight excluding hydrogens is 138 g/mol. The zero-order valence-electron chi connectivity index (χ0n) is 6.82. The molecule has 0 aliphatic rings. The van der Waals surface area contributed by atoms with Crippen molar-refractivity contribution in [2.24, 2.45) is 0 Å². The second-order valence-corrected chi connectivity index (χ2v) is 2.17. The van der Waals surface area contributed by atoms with E-state index >= 15 is 0 Å².